The van der Waals surface area contributed by atoms with Gasteiger partial charge in [-0.1, -0.05) is 18.6 Å². The van der Waals surface area contributed by atoms with Crippen LogP contribution in [0.1, 0.15) is 25.7 Å². The van der Waals surface area contributed by atoms with Gasteiger partial charge >= 0.3 is 0 Å². The van der Waals surface area contributed by atoms with Crippen molar-refractivity contribution in [3.8, 4) is 0 Å². The number of fused-ring (bicyclic) bond motifs is 2. The van der Waals surface area contributed by atoms with Crippen LogP contribution in [0.4, 0.5) is 0 Å². The molecule has 2 aliphatic carbocycles. The summed E-state index contributed by atoms with van der Waals surface area (Å²) in [4.78, 5) is 2.46. The molecule has 0 spiro atoms. The van der Waals surface area contributed by atoms with Crippen LogP contribution in [0, 0.1) is 17.8 Å². The molecule has 0 aromatic heterocycles. The van der Waals surface area contributed by atoms with Crippen molar-refractivity contribution in [2.75, 3.05) is 25.9 Å². The third-order valence-corrected chi connectivity index (χ3v) is 4.33. The van der Waals surface area contributed by atoms with Crippen molar-refractivity contribution in [2.24, 2.45) is 17.8 Å². The van der Waals surface area contributed by atoms with Gasteiger partial charge in [-0.3, -0.25) is 0 Å². The van der Waals surface area contributed by atoms with Crippen LogP contribution in [0.5, 0.6) is 0 Å². The first-order valence-corrected chi connectivity index (χ1v) is 6.87. The lowest BCUT2D eigenvalue weighted by atomic mass is 9.88. The zero-order valence-corrected chi connectivity index (χ0v) is 10.6. The normalized spacial score (nSPS) is 34.7. The fourth-order valence-corrected chi connectivity index (χ4v) is 3.55. The lowest BCUT2D eigenvalue weighted by Gasteiger charge is -2.26. The van der Waals surface area contributed by atoms with Crippen LogP contribution in [0.15, 0.2) is 12.2 Å². The van der Waals surface area contributed by atoms with Crippen molar-refractivity contribution in [1.29, 1.82) is 0 Å². The summed E-state index contributed by atoms with van der Waals surface area (Å²) >= 11 is 4.17. The van der Waals surface area contributed by atoms with Crippen LogP contribution in [0.2, 0.25) is 0 Å². The maximum atomic E-state index is 4.17. The van der Waals surface area contributed by atoms with Crippen LogP contribution < -0.4 is 0 Å². The highest BCUT2D eigenvalue weighted by molar-refractivity contribution is 7.80. The van der Waals surface area contributed by atoms with E-state index < -0.39 is 0 Å². The number of hydrogen-bond donors (Lipinski definition) is 1. The van der Waals surface area contributed by atoms with E-state index in [4.69, 9.17) is 0 Å². The van der Waals surface area contributed by atoms with Gasteiger partial charge in [0.25, 0.3) is 0 Å². The molecule has 0 aliphatic heterocycles. The lowest BCUT2D eigenvalue weighted by Crippen LogP contribution is -2.28. The first-order chi connectivity index (χ1) is 7.29. The van der Waals surface area contributed by atoms with Crippen molar-refractivity contribution in [3.63, 3.8) is 0 Å². The molecular formula is C13H23NS. The summed E-state index contributed by atoms with van der Waals surface area (Å²) in [7, 11) is 2.24. The predicted octanol–water partition coefficient (Wildman–Crippen LogP) is 2.84. The summed E-state index contributed by atoms with van der Waals surface area (Å²) in [6.07, 6.45) is 10.4. The average Bonchev–Trinajstić information content (AvgIpc) is 2.79. The quantitative estimate of drug-likeness (QED) is 0.556. The maximum absolute atomic E-state index is 4.17. The first-order valence-electron chi connectivity index (χ1n) is 6.24. The molecule has 3 atom stereocenters. The molecular weight excluding hydrogens is 202 g/mol. The van der Waals surface area contributed by atoms with Gasteiger partial charge in [0, 0.05) is 18.8 Å². The second kappa shape index (κ2) is 5.40. The van der Waals surface area contributed by atoms with Crippen LogP contribution in [0.25, 0.3) is 0 Å². The molecule has 0 aromatic carbocycles. The molecule has 0 heterocycles. The van der Waals surface area contributed by atoms with E-state index in [9.17, 15) is 0 Å². The minimum atomic E-state index is 0.863. The Hall–Kier alpha value is 0.0500. The van der Waals surface area contributed by atoms with E-state index in [2.05, 4.69) is 36.7 Å². The van der Waals surface area contributed by atoms with E-state index in [1.165, 1.54) is 32.2 Å². The Kier molecular flexibility index (Phi) is 4.15. The van der Waals surface area contributed by atoms with Gasteiger partial charge in [-0.2, -0.15) is 12.6 Å². The number of hydrogen-bond acceptors (Lipinski definition) is 2. The summed E-state index contributed by atoms with van der Waals surface area (Å²) in [6.45, 7) is 2.40. The van der Waals surface area contributed by atoms with Crippen molar-refractivity contribution in [3.05, 3.63) is 12.2 Å². The Morgan fingerprint density at radius 3 is 2.73 bits per heavy atom. The smallest absolute Gasteiger partial charge is 0.0160 e. The van der Waals surface area contributed by atoms with E-state index in [0.29, 0.717) is 0 Å². The van der Waals surface area contributed by atoms with Gasteiger partial charge in [0.15, 0.2) is 0 Å². The van der Waals surface area contributed by atoms with Crippen LogP contribution in [-0.4, -0.2) is 30.8 Å². The van der Waals surface area contributed by atoms with Crippen LogP contribution in [0.3, 0.4) is 0 Å². The van der Waals surface area contributed by atoms with Crippen LogP contribution in [-0.2, 0) is 0 Å². The Labute approximate surface area is 99.3 Å². The molecule has 0 amide bonds. The number of rotatable bonds is 5. The van der Waals surface area contributed by atoms with Crippen molar-refractivity contribution < 1.29 is 0 Å². The second-order valence-electron chi connectivity index (χ2n) is 5.31. The summed E-state index contributed by atoms with van der Waals surface area (Å²) in [5, 5.41) is 0. The summed E-state index contributed by atoms with van der Waals surface area (Å²) in [6, 6.07) is 0. The van der Waals surface area contributed by atoms with Gasteiger partial charge in [-0.25, -0.2) is 0 Å². The molecule has 2 bridgehead atoms. The van der Waals surface area contributed by atoms with E-state index >= 15 is 0 Å². The van der Waals surface area contributed by atoms with Crippen molar-refractivity contribution in [1.82, 2.24) is 4.90 Å². The molecule has 0 radical (unpaired) electrons. The molecule has 2 rings (SSSR count). The summed E-state index contributed by atoms with van der Waals surface area (Å²) in [5.74, 6) is 4.01. The zero-order valence-electron chi connectivity index (χ0n) is 9.73. The Morgan fingerprint density at radius 2 is 2.13 bits per heavy atom. The molecule has 2 heteroatoms. The molecule has 15 heavy (non-hydrogen) atoms. The van der Waals surface area contributed by atoms with Gasteiger partial charge in [0.1, 0.15) is 0 Å². The van der Waals surface area contributed by atoms with Crippen LogP contribution >= 0.6 is 12.6 Å². The monoisotopic (exact) mass is 225 g/mol. The van der Waals surface area contributed by atoms with E-state index in [1.807, 2.05) is 0 Å². The molecule has 0 N–H and O–H groups in total. The minimum Gasteiger partial charge on any atom is -0.302 e. The average molecular weight is 225 g/mol. The standard InChI is InChI=1S/C13H23NS/c1-14(6-2-3-7-15)10-13-9-11-4-5-12(13)8-11/h2-3,11-13,15H,4-10H2,1H3. The number of thiol groups is 1. The number of likely N-dealkylation sites (N-methyl/N-ethyl adjacent to an activating group) is 1. The Bertz CT molecular complexity index is 227. The molecule has 2 fully saturated rings. The molecule has 2 aliphatic rings. The SMILES string of the molecule is CN(CC=CCS)CC1CC2CCC1C2. The van der Waals surface area contributed by atoms with Gasteiger partial charge in [0.2, 0.25) is 0 Å². The zero-order chi connectivity index (χ0) is 10.7. The van der Waals surface area contributed by atoms with E-state index in [1.54, 1.807) is 0 Å². The predicted molar refractivity (Wildman–Crippen MR) is 69.4 cm³/mol. The molecule has 0 aromatic rings. The van der Waals surface area contributed by atoms with Gasteiger partial charge < -0.3 is 4.90 Å². The highest BCUT2D eigenvalue weighted by Gasteiger charge is 2.39. The van der Waals surface area contributed by atoms with E-state index in [0.717, 1.165) is 30.1 Å². The first kappa shape index (κ1) is 11.5. The van der Waals surface area contributed by atoms with Gasteiger partial charge in [-0.15, -0.1) is 0 Å². The fourth-order valence-electron chi connectivity index (χ4n) is 3.40. The summed E-state index contributed by atoms with van der Waals surface area (Å²) in [5.41, 5.74) is 0. The third kappa shape index (κ3) is 3.01. The minimum absolute atomic E-state index is 0.863. The van der Waals surface area contributed by atoms with E-state index in [-0.39, 0.29) is 0 Å². The van der Waals surface area contributed by atoms with Crippen molar-refractivity contribution >= 4 is 12.6 Å². The molecule has 0 saturated heterocycles. The molecule has 86 valence electrons. The van der Waals surface area contributed by atoms with Gasteiger partial charge in [-0.05, 0) is 44.1 Å². The summed E-state index contributed by atoms with van der Waals surface area (Å²) < 4.78 is 0. The maximum Gasteiger partial charge on any atom is 0.0160 e. The number of nitrogens with zero attached hydrogens (tertiary/aromatic N) is 1. The second-order valence-corrected chi connectivity index (χ2v) is 5.68. The highest BCUT2D eigenvalue weighted by atomic mass is 32.1. The lowest BCUT2D eigenvalue weighted by molar-refractivity contribution is 0.233. The topological polar surface area (TPSA) is 3.24 Å². The highest BCUT2D eigenvalue weighted by Crippen LogP contribution is 2.48. The molecule has 3 unspecified atom stereocenters. The van der Waals surface area contributed by atoms with Gasteiger partial charge in [0.05, 0.1) is 0 Å². The Balaban J connectivity index is 1.70. The van der Waals surface area contributed by atoms with Crippen molar-refractivity contribution in [2.45, 2.75) is 25.7 Å². The molecule has 1 nitrogen and oxygen atoms in total. The largest absolute Gasteiger partial charge is 0.302 e. The molecule has 2 saturated carbocycles. The Morgan fingerprint density at radius 1 is 1.27 bits per heavy atom. The third-order valence-electron chi connectivity index (χ3n) is 4.12. The fraction of sp³-hybridized carbons (Fsp3) is 0.846.